The Morgan fingerprint density at radius 3 is 2.59 bits per heavy atom. The van der Waals surface area contributed by atoms with Gasteiger partial charge in [0, 0.05) is 10.7 Å². The molecule has 138 valence electrons. The highest BCUT2D eigenvalue weighted by molar-refractivity contribution is 9.10. The Morgan fingerprint density at radius 2 is 1.96 bits per heavy atom. The fraction of sp³-hybridized carbons (Fsp3) is 0.111. The minimum atomic E-state index is -1.11. The van der Waals surface area contributed by atoms with E-state index in [-0.39, 0.29) is 5.11 Å². The first-order valence-corrected chi connectivity index (χ1v) is 9.30. The minimum Gasteiger partial charge on any atom is -0.495 e. The van der Waals surface area contributed by atoms with Gasteiger partial charge in [-0.3, -0.25) is 19.5 Å². The molecule has 27 heavy (non-hydrogen) atoms. The lowest BCUT2D eigenvalue weighted by molar-refractivity contribution is -0.130. The van der Waals surface area contributed by atoms with Crippen molar-refractivity contribution < 1.29 is 14.3 Å². The standard InChI is InChI=1S/C18H13BrClN3O3S/c1-26-15-7-4-11(8-14(15)20)21-9-13-16(24)22-18(27)23(17(13)25)12-5-2-10(19)3-6-12/h2-9,13H,1H3,(H,22,24,27)/t13-/m0/s1. The topological polar surface area (TPSA) is 71.0 Å². The second-order valence-electron chi connectivity index (χ2n) is 5.52. The van der Waals surface area contributed by atoms with E-state index in [2.05, 4.69) is 26.2 Å². The number of ether oxygens (including phenoxy) is 1. The zero-order valence-corrected chi connectivity index (χ0v) is 17.1. The molecule has 1 atom stereocenters. The van der Waals surface area contributed by atoms with Crippen molar-refractivity contribution >= 4 is 74.3 Å². The second kappa shape index (κ2) is 8.16. The molecule has 0 bridgehead atoms. The van der Waals surface area contributed by atoms with Crippen LogP contribution in [0.5, 0.6) is 5.75 Å². The van der Waals surface area contributed by atoms with E-state index in [9.17, 15) is 9.59 Å². The fourth-order valence-electron chi connectivity index (χ4n) is 2.45. The first-order valence-electron chi connectivity index (χ1n) is 7.73. The highest BCUT2D eigenvalue weighted by Crippen LogP contribution is 2.29. The number of halogens is 2. The van der Waals surface area contributed by atoms with Gasteiger partial charge in [-0.25, -0.2) is 0 Å². The molecule has 1 aliphatic heterocycles. The van der Waals surface area contributed by atoms with Crippen molar-refractivity contribution in [3.63, 3.8) is 0 Å². The predicted molar refractivity (Wildman–Crippen MR) is 112 cm³/mol. The lowest BCUT2D eigenvalue weighted by Crippen LogP contribution is -2.58. The average Bonchev–Trinajstić information content (AvgIpc) is 2.63. The van der Waals surface area contributed by atoms with Crippen LogP contribution in [0.25, 0.3) is 0 Å². The highest BCUT2D eigenvalue weighted by atomic mass is 79.9. The van der Waals surface area contributed by atoms with E-state index in [0.29, 0.717) is 22.1 Å². The number of benzene rings is 2. The summed E-state index contributed by atoms with van der Waals surface area (Å²) in [5.74, 6) is -1.61. The summed E-state index contributed by atoms with van der Waals surface area (Å²) in [5.41, 5.74) is 1.05. The van der Waals surface area contributed by atoms with Crippen molar-refractivity contribution in [2.75, 3.05) is 12.0 Å². The van der Waals surface area contributed by atoms with Gasteiger partial charge in [0.25, 0.3) is 5.91 Å². The van der Waals surface area contributed by atoms with Crippen LogP contribution < -0.4 is 15.0 Å². The van der Waals surface area contributed by atoms with E-state index in [1.807, 2.05) is 0 Å². The average molecular weight is 467 g/mol. The zero-order valence-electron chi connectivity index (χ0n) is 14.0. The van der Waals surface area contributed by atoms with Crippen molar-refractivity contribution in [3.05, 3.63) is 52.0 Å². The maximum atomic E-state index is 12.8. The number of hydrogen-bond acceptors (Lipinski definition) is 5. The molecule has 0 spiro atoms. The summed E-state index contributed by atoms with van der Waals surface area (Å²) < 4.78 is 5.95. The van der Waals surface area contributed by atoms with Crippen molar-refractivity contribution in [1.82, 2.24) is 5.32 Å². The van der Waals surface area contributed by atoms with Gasteiger partial charge in [0.1, 0.15) is 5.75 Å². The van der Waals surface area contributed by atoms with Crippen molar-refractivity contribution in [2.45, 2.75) is 0 Å². The van der Waals surface area contributed by atoms with Crippen LogP contribution in [0.1, 0.15) is 0 Å². The zero-order chi connectivity index (χ0) is 19.6. The maximum Gasteiger partial charge on any atom is 0.251 e. The Balaban J connectivity index is 1.87. The largest absolute Gasteiger partial charge is 0.495 e. The summed E-state index contributed by atoms with van der Waals surface area (Å²) in [6.45, 7) is 0. The quantitative estimate of drug-likeness (QED) is 0.422. The van der Waals surface area contributed by atoms with Crippen LogP contribution in [0.2, 0.25) is 5.02 Å². The number of hydrogen-bond donors (Lipinski definition) is 1. The summed E-state index contributed by atoms with van der Waals surface area (Å²) in [6, 6.07) is 11.9. The van der Waals surface area contributed by atoms with Gasteiger partial charge in [0.2, 0.25) is 5.91 Å². The first-order chi connectivity index (χ1) is 12.9. The Labute approximate surface area is 174 Å². The number of carbonyl (C=O) groups excluding carboxylic acids is 2. The van der Waals surface area contributed by atoms with Gasteiger partial charge in [0.05, 0.1) is 23.5 Å². The Hall–Kier alpha value is -2.29. The number of thiocarbonyl (C=S) groups is 1. The molecule has 1 saturated heterocycles. The van der Waals surface area contributed by atoms with E-state index in [0.717, 1.165) is 4.47 Å². The van der Waals surface area contributed by atoms with Gasteiger partial charge in [0.15, 0.2) is 11.0 Å². The molecular weight excluding hydrogens is 454 g/mol. The van der Waals surface area contributed by atoms with Crippen molar-refractivity contribution in [1.29, 1.82) is 0 Å². The van der Waals surface area contributed by atoms with Gasteiger partial charge in [-0.1, -0.05) is 27.5 Å². The molecule has 1 heterocycles. The molecule has 1 N–H and O–H groups in total. The molecule has 2 aromatic rings. The van der Waals surface area contributed by atoms with Crippen LogP contribution >= 0.6 is 39.7 Å². The monoisotopic (exact) mass is 465 g/mol. The number of methoxy groups -OCH3 is 1. The lowest BCUT2D eigenvalue weighted by atomic mass is 10.1. The Morgan fingerprint density at radius 1 is 1.26 bits per heavy atom. The Kier molecular flexibility index (Phi) is 5.88. The van der Waals surface area contributed by atoms with Crippen LogP contribution in [0.4, 0.5) is 11.4 Å². The van der Waals surface area contributed by atoms with E-state index < -0.39 is 17.7 Å². The number of nitrogens with one attached hydrogen (secondary N) is 1. The molecule has 9 heteroatoms. The molecule has 1 aliphatic rings. The number of amides is 2. The van der Waals surface area contributed by atoms with Crippen LogP contribution in [0, 0.1) is 5.92 Å². The van der Waals surface area contributed by atoms with Crippen molar-refractivity contribution in [3.8, 4) is 5.75 Å². The smallest absolute Gasteiger partial charge is 0.251 e. The Bertz CT molecular complexity index is 949. The third-order valence-electron chi connectivity index (χ3n) is 3.80. The minimum absolute atomic E-state index is 0.0319. The molecule has 0 aliphatic carbocycles. The summed E-state index contributed by atoms with van der Waals surface area (Å²) in [5, 5.41) is 2.95. The fourth-order valence-corrected chi connectivity index (χ4v) is 3.26. The number of rotatable bonds is 4. The van der Waals surface area contributed by atoms with Crippen LogP contribution in [0.3, 0.4) is 0 Å². The van der Waals surface area contributed by atoms with Crippen LogP contribution in [-0.2, 0) is 9.59 Å². The lowest BCUT2D eigenvalue weighted by Gasteiger charge is -2.30. The summed E-state index contributed by atoms with van der Waals surface area (Å²) in [4.78, 5) is 30.6. The highest BCUT2D eigenvalue weighted by Gasteiger charge is 2.38. The predicted octanol–water partition coefficient (Wildman–Crippen LogP) is 3.88. The molecule has 0 saturated carbocycles. The SMILES string of the molecule is COc1ccc(N=C[C@H]2C(=O)NC(=S)N(c3ccc(Br)cc3)C2=O)cc1Cl. The third-order valence-corrected chi connectivity index (χ3v) is 4.90. The molecule has 3 rings (SSSR count). The number of nitrogens with zero attached hydrogens (tertiary/aromatic N) is 2. The molecular formula is C18H13BrClN3O3S. The van der Waals surface area contributed by atoms with Crippen LogP contribution in [0.15, 0.2) is 51.9 Å². The van der Waals surface area contributed by atoms with Gasteiger partial charge in [-0.05, 0) is 54.7 Å². The van der Waals surface area contributed by atoms with Gasteiger partial charge in [-0.15, -0.1) is 0 Å². The van der Waals surface area contributed by atoms with E-state index in [4.69, 9.17) is 28.6 Å². The normalized spacial score (nSPS) is 17.4. The summed E-state index contributed by atoms with van der Waals surface area (Å²) in [6.07, 6.45) is 1.28. The van der Waals surface area contributed by atoms with E-state index in [1.54, 1.807) is 42.5 Å². The van der Waals surface area contributed by atoms with E-state index >= 15 is 0 Å². The van der Waals surface area contributed by atoms with E-state index in [1.165, 1.54) is 18.2 Å². The van der Waals surface area contributed by atoms with Gasteiger partial charge < -0.3 is 10.1 Å². The molecule has 2 aromatic carbocycles. The molecule has 0 radical (unpaired) electrons. The number of carbonyl (C=O) groups is 2. The summed E-state index contributed by atoms with van der Waals surface area (Å²) in [7, 11) is 1.51. The molecule has 2 amide bonds. The van der Waals surface area contributed by atoms with Crippen molar-refractivity contribution in [2.24, 2.45) is 10.9 Å². The molecule has 1 fully saturated rings. The molecule has 0 aromatic heterocycles. The number of aliphatic imine (C=N–C) groups is 1. The van der Waals surface area contributed by atoms with Crippen LogP contribution in [-0.4, -0.2) is 30.3 Å². The molecule has 0 unspecified atom stereocenters. The number of anilines is 1. The maximum absolute atomic E-state index is 12.8. The first kappa shape index (κ1) is 19.5. The second-order valence-corrected chi connectivity index (χ2v) is 7.23. The third kappa shape index (κ3) is 4.18. The summed E-state index contributed by atoms with van der Waals surface area (Å²) >= 11 is 14.6. The van der Waals surface area contributed by atoms with Gasteiger partial charge in [-0.2, -0.15) is 0 Å². The van der Waals surface area contributed by atoms with Gasteiger partial charge >= 0.3 is 0 Å². The molecule has 6 nitrogen and oxygen atoms in total.